The molecule has 8 heteroatoms. The second-order valence-corrected chi connectivity index (χ2v) is 7.96. The third-order valence-corrected chi connectivity index (χ3v) is 5.58. The molecule has 0 aliphatic heterocycles. The van der Waals surface area contributed by atoms with Gasteiger partial charge in [-0.25, -0.2) is 0 Å². The third kappa shape index (κ3) is 6.02. The maximum Gasteiger partial charge on any atom is 0.250 e. The summed E-state index contributed by atoms with van der Waals surface area (Å²) in [6, 6.07) is 16.2. The molecule has 0 atom stereocenters. The van der Waals surface area contributed by atoms with Crippen molar-refractivity contribution in [2.24, 2.45) is 0 Å². The van der Waals surface area contributed by atoms with Crippen LogP contribution >= 0.6 is 34.7 Å². The molecule has 136 valence electrons. The quantitative estimate of drug-likeness (QED) is 0.259. The molecule has 0 saturated carbocycles. The Bertz CT molecular complexity index is 957. The number of hydrogen-bond acceptors (Lipinski definition) is 6. The van der Waals surface area contributed by atoms with Crippen molar-refractivity contribution in [1.82, 2.24) is 10.2 Å². The van der Waals surface area contributed by atoms with Crippen molar-refractivity contribution >= 4 is 57.6 Å². The summed E-state index contributed by atoms with van der Waals surface area (Å²) in [5.41, 5.74) is 1.53. The average molecular weight is 416 g/mol. The lowest BCUT2D eigenvalue weighted by molar-refractivity contribution is -0.111. The minimum absolute atomic E-state index is 0.0206. The standard InChI is InChI=1S/C19H14ClN3O2S2/c20-15-9-6-13(7-10-15)8-11-17(25)21-18-22-23-19(27-18)26-12-16(24)14-4-2-1-3-5-14/h1-11H,12H2,(H,21,22,25)/b11-8+. The first-order valence-electron chi connectivity index (χ1n) is 7.89. The van der Waals surface area contributed by atoms with Gasteiger partial charge in [-0.2, -0.15) is 0 Å². The van der Waals surface area contributed by atoms with Gasteiger partial charge in [-0.3, -0.25) is 14.9 Å². The van der Waals surface area contributed by atoms with Crippen LogP contribution in [0.1, 0.15) is 15.9 Å². The van der Waals surface area contributed by atoms with Gasteiger partial charge in [0.2, 0.25) is 11.0 Å². The van der Waals surface area contributed by atoms with Crippen LogP contribution in [0.15, 0.2) is 65.0 Å². The molecule has 0 radical (unpaired) electrons. The molecule has 0 aliphatic rings. The number of ketones is 1. The van der Waals surface area contributed by atoms with Crippen LogP contribution in [0.5, 0.6) is 0 Å². The lowest BCUT2D eigenvalue weighted by Gasteiger charge is -1.98. The summed E-state index contributed by atoms with van der Waals surface area (Å²) in [5.74, 6) is -0.0198. The van der Waals surface area contributed by atoms with Crippen molar-refractivity contribution in [3.63, 3.8) is 0 Å². The van der Waals surface area contributed by atoms with Crippen molar-refractivity contribution in [2.45, 2.75) is 4.34 Å². The maximum absolute atomic E-state index is 12.1. The first-order valence-corrected chi connectivity index (χ1v) is 10.1. The van der Waals surface area contributed by atoms with Crippen LogP contribution in [-0.4, -0.2) is 27.6 Å². The molecule has 1 N–H and O–H groups in total. The van der Waals surface area contributed by atoms with Crippen molar-refractivity contribution in [1.29, 1.82) is 0 Å². The van der Waals surface area contributed by atoms with Crippen molar-refractivity contribution in [3.05, 3.63) is 76.8 Å². The van der Waals surface area contributed by atoms with Gasteiger partial charge in [-0.15, -0.1) is 10.2 Å². The lowest BCUT2D eigenvalue weighted by atomic mass is 10.2. The first kappa shape index (κ1) is 19.3. The van der Waals surface area contributed by atoms with Gasteiger partial charge in [0.1, 0.15) is 0 Å². The van der Waals surface area contributed by atoms with Crippen LogP contribution in [0.2, 0.25) is 5.02 Å². The molecule has 3 rings (SSSR count). The van der Waals surface area contributed by atoms with E-state index in [9.17, 15) is 9.59 Å². The number of rotatable bonds is 7. The number of benzene rings is 2. The first-order chi connectivity index (χ1) is 13.1. The molecule has 1 heterocycles. The summed E-state index contributed by atoms with van der Waals surface area (Å²) < 4.78 is 0.622. The van der Waals surface area contributed by atoms with Crippen LogP contribution in [0, 0.1) is 0 Å². The van der Waals surface area contributed by atoms with Gasteiger partial charge in [-0.1, -0.05) is 77.2 Å². The van der Waals surface area contributed by atoms with E-state index in [-0.39, 0.29) is 17.4 Å². The van der Waals surface area contributed by atoms with Gasteiger partial charge in [-0.05, 0) is 23.8 Å². The van der Waals surface area contributed by atoms with Crippen LogP contribution in [-0.2, 0) is 4.79 Å². The number of Topliss-reactive ketones (excluding diaryl/α,β-unsaturated/α-hetero) is 1. The van der Waals surface area contributed by atoms with E-state index in [0.717, 1.165) is 5.56 Å². The van der Waals surface area contributed by atoms with Gasteiger partial charge in [0, 0.05) is 16.7 Å². The molecule has 27 heavy (non-hydrogen) atoms. The van der Waals surface area contributed by atoms with E-state index in [1.165, 1.54) is 29.2 Å². The number of thioether (sulfide) groups is 1. The predicted octanol–water partition coefficient (Wildman–Crippen LogP) is 4.82. The normalized spacial score (nSPS) is 10.9. The van der Waals surface area contributed by atoms with E-state index in [0.29, 0.717) is 20.1 Å². The Hall–Kier alpha value is -2.48. The highest BCUT2D eigenvalue weighted by molar-refractivity contribution is 8.01. The number of amides is 1. The Morgan fingerprint density at radius 3 is 2.56 bits per heavy atom. The minimum atomic E-state index is -0.307. The molecular weight excluding hydrogens is 402 g/mol. The van der Waals surface area contributed by atoms with E-state index >= 15 is 0 Å². The highest BCUT2D eigenvalue weighted by atomic mass is 35.5. The third-order valence-electron chi connectivity index (χ3n) is 3.36. The summed E-state index contributed by atoms with van der Waals surface area (Å²) in [4.78, 5) is 24.1. The van der Waals surface area contributed by atoms with E-state index in [2.05, 4.69) is 15.5 Å². The molecule has 2 aromatic carbocycles. The van der Waals surface area contributed by atoms with E-state index in [4.69, 9.17) is 11.6 Å². The zero-order valence-electron chi connectivity index (χ0n) is 14.0. The Morgan fingerprint density at radius 1 is 1.07 bits per heavy atom. The molecular formula is C19H14ClN3O2S2. The molecule has 0 spiro atoms. The smallest absolute Gasteiger partial charge is 0.250 e. The molecule has 0 fully saturated rings. The van der Waals surface area contributed by atoms with E-state index in [1.807, 2.05) is 30.3 Å². The van der Waals surface area contributed by atoms with Gasteiger partial charge in [0.05, 0.1) is 5.75 Å². The van der Waals surface area contributed by atoms with Crippen LogP contribution < -0.4 is 5.32 Å². The molecule has 1 aromatic heterocycles. The second kappa shape index (κ2) is 9.45. The van der Waals surface area contributed by atoms with Gasteiger partial charge >= 0.3 is 0 Å². The van der Waals surface area contributed by atoms with Gasteiger partial charge in [0.15, 0.2) is 10.1 Å². The van der Waals surface area contributed by atoms with Crippen molar-refractivity contribution in [3.8, 4) is 0 Å². The highest BCUT2D eigenvalue weighted by Crippen LogP contribution is 2.26. The molecule has 0 bridgehead atoms. The van der Waals surface area contributed by atoms with E-state index < -0.39 is 0 Å². The fraction of sp³-hybridized carbons (Fsp3) is 0.0526. The number of hydrogen-bond donors (Lipinski definition) is 1. The molecule has 0 unspecified atom stereocenters. The SMILES string of the molecule is O=C(/C=C/c1ccc(Cl)cc1)Nc1nnc(SCC(=O)c2ccccc2)s1. The Labute approximate surface area is 169 Å². The number of nitrogens with zero attached hydrogens (tertiary/aromatic N) is 2. The number of aromatic nitrogens is 2. The monoisotopic (exact) mass is 415 g/mol. The molecule has 0 saturated heterocycles. The highest BCUT2D eigenvalue weighted by Gasteiger charge is 2.10. The summed E-state index contributed by atoms with van der Waals surface area (Å²) in [5, 5.41) is 11.6. The maximum atomic E-state index is 12.1. The minimum Gasteiger partial charge on any atom is -0.297 e. The number of nitrogens with one attached hydrogen (secondary N) is 1. The number of carbonyl (C=O) groups is 2. The number of halogens is 1. The van der Waals surface area contributed by atoms with Crippen molar-refractivity contribution in [2.75, 3.05) is 11.1 Å². The largest absolute Gasteiger partial charge is 0.297 e. The molecule has 5 nitrogen and oxygen atoms in total. The fourth-order valence-electron chi connectivity index (χ4n) is 2.05. The number of anilines is 1. The van der Waals surface area contributed by atoms with Crippen LogP contribution in [0.4, 0.5) is 5.13 Å². The Balaban J connectivity index is 1.50. The second-order valence-electron chi connectivity index (χ2n) is 5.33. The Morgan fingerprint density at radius 2 is 1.81 bits per heavy atom. The van der Waals surface area contributed by atoms with E-state index in [1.54, 1.807) is 30.3 Å². The van der Waals surface area contributed by atoms with Gasteiger partial charge < -0.3 is 0 Å². The van der Waals surface area contributed by atoms with Crippen LogP contribution in [0.3, 0.4) is 0 Å². The predicted molar refractivity (Wildman–Crippen MR) is 111 cm³/mol. The summed E-state index contributed by atoms with van der Waals surface area (Å²) in [6.45, 7) is 0. The zero-order valence-corrected chi connectivity index (χ0v) is 16.4. The number of carbonyl (C=O) groups excluding carboxylic acids is 2. The average Bonchev–Trinajstić information content (AvgIpc) is 3.13. The Kier molecular flexibility index (Phi) is 6.75. The molecule has 0 aliphatic carbocycles. The summed E-state index contributed by atoms with van der Waals surface area (Å²) in [7, 11) is 0. The molecule has 3 aromatic rings. The van der Waals surface area contributed by atoms with Crippen molar-refractivity contribution < 1.29 is 9.59 Å². The zero-order chi connectivity index (χ0) is 19.1. The van der Waals surface area contributed by atoms with Crippen LogP contribution in [0.25, 0.3) is 6.08 Å². The summed E-state index contributed by atoms with van der Waals surface area (Å²) in [6.07, 6.45) is 3.09. The fourth-order valence-corrected chi connectivity index (χ4v) is 3.82. The lowest BCUT2D eigenvalue weighted by Crippen LogP contribution is -2.07. The topological polar surface area (TPSA) is 72.0 Å². The van der Waals surface area contributed by atoms with Gasteiger partial charge in [0.25, 0.3) is 0 Å². The molecule has 1 amide bonds. The summed E-state index contributed by atoms with van der Waals surface area (Å²) >= 11 is 8.35.